The van der Waals surface area contributed by atoms with E-state index in [2.05, 4.69) is 15.1 Å². The number of methoxy groups -OCH3 is 1. The maximum absolute atomic E-state index is 13.6. The number of pyridine rings is 1. The number of benzene rings is 2. The predicted molar refractivity (Wildman–Crippen MR) is 139 cm³/mol. The first-order valence-corrected chi connectivity index (χ1v) is 11.5. The molecule has 0 spiro atoms. The minimum atomic E-state index is -0.185. The van der Waals surface area contributed by atoms with Crippen molar-refractivity contribution in [1.29, 1.82) is 0 Å². The molecule has 0 atom stereocenters. The summed E-state index contributed by atoms with van der Waals surface area (Å²) >= 11 is 0. The Morgan fingerprint density at radius 3 is 2.44 bits per heavy atom. The van der Waals surface area contributed by atoms with Crippen molar-refractivity contribution in [3.05, 3.63) is 101 Å². The molecular formula is C27H21N7O2. The number of ether oxygens (including phenoxy) is 1. The fourth-order valence-electron chi connectivity index (χ4n) is 4.13. The second kappa shape index (κ2) is 9.03. The molecular weight excluding hydrogens is 454 g/mol. The van der Waals surface area contributed by atoms with Gasteiger partial charge < -0.3 is 4.74 Å². The van der Waals surface area contributed by atoms with Crippen molar-refractivity contribution in [2.75, 3.05) is 7.11 Å². The quantitative estimate of drug-likeness (QED) is 0.340. The Morgan fingerprint density at radius 1 is 0.917 bits per heavy atom. The summed E-state index contributed by atoms with van der Waals surface area (Å²) in [4.78, 5) is 32.1. The molecule has 6 aromatic rings. The molecule has 4 heterocycles. The molecule has 0 aliphatic carbocycles. The summed E-state index contributed by atoms with van der Waals surface area (Å²) in [6, 6.07) is 20.9. The van der Waals surface area contributed by atoms with Crippen LogP contribution in [0.3, 0.4) is 0 Å². The lowest BCUT2D eigenvalue weighted by Gasteiger charge is -2.06. The van der Waals surface area contributed by atoms with Crippen LogP contribution in [0.5, 0.6) is 5.75 Å². The lowest BCUT2D eigenvalue weighted by atomic mass is 10.1. The van der Waals surface area contributed by atoms with Crippen molar-refractivity contribution in [3.8, 4) is 5.75 Å². The number of hydrogen-bond donors (Lipinski definition) is 0. The maximum atomic E-state index is 13.6. The van der Waals surface area contributed by atoms with E-state index in [9.17, 15) is 4.79 Å². The molecule has 0 N–H and O–H groups in total. The highest BCUT2D eigenvalue weighted by Gasteiger charge is 2.19. The number of hydrogen-bond acceptors (Lipinski definition) is 7. The Hall–Kier alpha value is -4.92. The van der Waals surface area contributed by atoms with Gasteiger partial charge in [0.25, 0.3) is 5.56 Å². The van der Waals surface area contributed by atoms with Gasteiger partial charge in [0, 0.05) is 12.7 Å². The molecule has 6 rings (SSSR count). The average Bonchev–Trinajstić information content (AvgIpc) is 3.24. The van der Waals surface area contributed by atoms with Crippen molar-refractivity contribution < 1.29 is 4.74 Å². The molecule has 0 unspecified atom stereocenters. The van der Waals surface area contributed by atoms with Crippen LogP contribution in [-0.2, 0) is 13.0 Å². The van der Waals surface area contributed by atoms with Crippen LogP contribution in [0.2, 0.25) is 0 Å². The van der Waals surface area contributed by atoms with Crippen LogP contribution in [0.4, 0.5) is 0 Å². The molecule has 0 bridgehead atoms. The second-order valence-corrected chi connectivity index (χ2v) is 8.24. The minimum absolute atomic E-state index is 0.185. The summed E-state index contributed by atoms with van der Waals surface area (Å²) < 4.78 is 8.40. The van der Waals surface area contributed by atoms with Crippen LogP contribution < -0.4 is 10.3 Å². The Morgan fingerprint density at radius 2 is 1.69 bits per heavy atom. The average molecular weight is 476 g/mol. The topological polar surface area (TPSA) is 100 Å². The van der Waals surface area contributed by atoms with Gasteiger partial charge >= 0.3 is 0 Å². The fraction of sp³-hybridized carbons (Fsp3) is 0.111. The predicted octanol–water partition coefficient (Wildman–Crippen LogP) is 3.82. The van der Waals surface area contributed by atoms with Crippen LogP contribution in [0.25, 0.3) is 33.2 Å². The highest BCUT2D eigenvalue weighted by atomic mass is 16.5. The van der Waals surface area contributed by atoms with Crippen LogP contribution in [0.15, 0.2) is 89.2 Å². The van der Waals surface area contributed by atoms with Gasteiger partial charge in [-0.1, -0.05) is 30.3 Å². The highest BCUT2D eigenvalue weighted by molar-refractivity contribution is 6.04. The monoisotopic (exact) mass is 475 g/mol. The summed E-state index contributed by atoms with van der Waals surface area (Å²) in [5.41, 5.74) is 4.33. The molecule has 0 aliphatic rings. The van der Waals surface area contributed by atoms with E-state index in [4.69, 9.17) is 14.7 Å². The number of rotatable bonds is 6. The van der Waals surface area contributed by atoms with Gasteiger partial charge in [0.2, 0.25) is 0 Å². The number of fused-ring (bicyclic) bond motifs is 4. The summed E-state index contributed by atoms with van der Waals surface area (Å²) in [5.74, 6) is 0.795. The molecule has 0 saturated carbocycles. The third-order valence-electron chi connectivity index (χ3n) is 6.00. The molecule has 9 heteroatoms. The Kier molecular flexibility index (Phi) is 5.42. The Balaban J connectivity index is 1.49. The Labute approximate surface area is 205 Å². The van der Waals surface area contributed by atoms with Gasteiger partial charge in [0.1, 0.15) is 16.7 Å². The van der Waals surface area contributed by atoms with Gasteiger partial charge in [-0.15, -0.1) is 0 Å². The lowest BCUT2D eigenvalue weighted by Crippen LogP contribution is -2.21. The molecule has 9 nitrogen and oxygen atoms in total. The first-order chi connectivity index (χ1) is 17.7. The normalized spacial score (nSPS) is 11.7. The summed E-state index contributed by atoms with van der Waals surface area (Å²) in [7, 11) is 1.64. The Bertz CT molecular complexity index is 1790. The van der Waals surface area contributed by atoms with Crippen LogP contribution in [0, 0.1) is 0 Å². The molecule has 0 saturated heterocycles. The number of aromatic nitrogens is 6. The smallest absolute Gasteiger partial charge is 0.265 e. The first kappa shape index (κ1) is 21.6. The van der Waals surface area contributed by atoms with Crippen LogP contribution in [0.1, 0.15) is 11.3 Å². The van der Waals surface area contributed by atoms with E-state index in [1.54, 1.807) is 35.1 Å². The van der Waals surface area contributed by atoms with Gasteiger partial charge in [0.05, 0.1) is 36.4 Å². The zero-order chi connectivity index (χ0) is 24.5. The van der Waals surface area contributed by atoms with E-state index in [0.717, 1.165) is 11.3 Å². The van der Waals surface area contributed by atoms with Crippen molar-refractivity contribution >= 4 is 39.4 Å². The largest absolute Gasteiger partial charge is 0.497 e. The van der Waals surface area contributed by atoms with Crippen molar-refractivity contribution in [1.82, 2.24) is 29.2 Å². The zero-order valence-corrected chi connectivity index (χ0v) is 19.4. The third kappa shape index (κ3) is 3.86. The standard InChI is InChI=1S/C27H21N7O2/c1-36-20-11-9-18(10-12-20)13-15-33-17-29-25-23(27(33)35)24-26(32-22-8-3-2-7-21(22)31-24)34(25)30-16-19-6-4-5-14-28-19/h2-12,14,16-17H,13,15H2,1H3/b30-16+. The molecule has 0 amide bonds. The van der Waals surface area contributed by atoms with E-state index < -0.39 is 0 Å². The highest BCUT2D eigenvalue weighted by Crippen LogP contribution is 2.25. The summed E-state index contributed by atoms with van der Waals surface area (Å²) in [6.45, 7) is 0.471. The van der Waals surface area contributed by atoms with Gasteiger partial charge in [-0.3, -0.25) is 14.3 Å². The second-order valence-electron chi connectivity index (χ2n) is 8.24. The fourth-order valence-corrected chi connectivity index (χ4v) is 4.13. The molecule has 0 fully saturated rings. The van der Waals surface area contributed by atoms with Crippen LogP contribution in [-0.4, -0.2) is 42.5 Å². The lowest BCUT2D eigenvalue weighted by molar-refractivity contribution is 0.414. The van der Waals surface area contributed by atoms with E-state index in [-0.39, 0.29) is 5.56 Å². The molecule has 36 heavy (non-hydrogen) atoms. The third-order valence-corrected chi connectivity index (χ3v) is 6.00. The molecule has 4 aromatic heterocycles. The summed E-state index contributed by atoms with van der Waals surface area (Å²) in [5, 5.41) is 4.97. The zero-order valence-electron chi connectivity index (χ0n) is 19.4. The molecule has 176 valence electrons. The number of aryl methyl sites for hydroxylation is 2. The van der Waals surface area contributed by atoms with E-state index in [1.807, 2.05) is 66.7 Å². The molecule has 2 aromatic carbocycles. The molecule has 0 radical (unpaired) electrons. The van der Waals surface area contributed by atoms with Crippen LogP contribution >= 0.6 is 0 Å². The first-order valence-electron chi connectivity index (χ1n) is 11.5. The van der Waals surface area contributed by atoms with Gasteiger partial charge in [0.15, 0.2) is 11.3 Å². The van der Waals surface area contributed by atoms with Crippen molar-refractivity contribution in [2.45, 2.75) is 13.0 Å². The number of para-hydroxylation sites is 2. The van der Waals surface area contributed by atoms with Gasteiger partial charge in [-0.2, -0.15) is 9.78 Å². The van der Waals surface area contributed by atoms with Crippen molar-refractivity contribution in [3.63, 3.8) is 0 Å². The van der Waals surface area contributed by atoms with E-state index in [1.165, 1.54) is 0 Å². The molecule has 0 aliphatic heterocycles. The minimum Gasteiger partial charge on any atom is -0.497 e. The van der Waals surface area contributed by atoms with Gasteiger partial charge in [-0.25, -0.2) is 15.0 Å². The maximum Gasteiger partial charge on any atom is 0.265 e. The number of nitrogens with zero attached hydrogens (tertiary/aromatic N) is 7. The van der Waals surface area contributed by atoms with Gasteiger partial charge in [-0.05, 0) is 48.4 Å². The summed E-state index contributed by atoms with van der Waals surface area (Å²) in [6.07, 6.45) is 5.54. The van der Waals surface area contributed by atoms with Crippen molar-refractivity contribution in [2.24, 2.45) is 5.10 Å². The SMILES string of the molecule is COc1ccc(CCn2cnc3c(c2=O)c2nc4ccccc4nc2n3/N=C/c2ccccn2)cc1. The van der Waals surface area contributed by atoms with E-state index in [0.29, 0.717) is 51.9 Å². The van der Waals surface area contributed by atoms with E-state index >= 15 is 0 Å².